The van der Waals surface area contributed by atoms with Gasteiger partial charge in [0, 0.05) is 10.6 Å². The van der Waals surface area contributed by atoms with E-state index in [2.05, 4.69) is 0 Å². The summed E-state index contributed by atoms with van der Waals surface area (Å²) in [6.45, 7) is 0. The van der Waals surface area contributed by atoms with Gasteiger partial charge >= 0.3 is 30.4 Å². The first-order valence-corrected chi connectivity index (χ1v) is 7.81. The average molecular weight is 496 g/mol. The van der Waals surface area contributed by atoms with Crippen molar-refractivity contribution in [1.29, 1.82) is 0 Å². The lowest BCUT2D eigenvalue weighted by molar-refractivity contribution is -0.333. The smallest absolute Gasteiger partial charge is 0.308 e. The van der Waals surface area contributed by atoms with E-state index in [-0.39, 0.29) is 5.02 Å². The van der Waals surface area contributed by atoms with E-state index in [1.54, 1.807) is 4.99 Å². The summed E-state index contributed by atoms with van der Waals surface area (Å²) < 4.78 is 159. The first kappa shape index (κ1) is 25.0. The Morgan fingerprint density at radius 1 is 0.806 bits per heavy atom. The Morgan fingerprint density at radius 3 is 1.58 bits per heavy atom. The van der Waals surface area contributed by atoms with Crippen LogP contribution in [0.1, 0.15) is 10.4 Å². The van der Waals surface area contributed by atoms with E-state index in [9.17, 15) is 57.5 Å². The van der Waals surface area contributed by atoms with Crippen molar-refractivity contribution in [2.75, 3.05) is 0 Å². The first-order valence-electron chi connectivity index (χ1n) is 7.43. The first-order chi connectivity index (χ1) is 13.7. The zero-order valence-electron chi connectivity index (χ0n) is 14.1. The van der Waals surface area contributed by atoms with Crippen molar-refractivity contribution in [3.05, 3.63) is 34.9 Å². The molecule has 1 aromatic carbocycles. The molecule has 17 heteroatoms. The normalized spacial score (nSPS) is 19.2. The summed E-state index contributed by atoms with van der Waals surface area (Å²) in [7, 11) is 0. The molecule has 174 valence electrons. The zero-order valence-corrected chi connectivity index (χ0v) is 14.8. The van der Waals surface area contributed by atoms with Crippen LogP contribution in [0.5, 0.6) is 0 Å². The molecule has 1 amide bonds. The van der Waals surface area contributed by atoms with Crippen LogP contribution in [0, 0.1) is 0 Å². The van der Waals surface area contributed by atoms with Gasteiger partial charge in [0.05, 0.1) is 0 Å². The van der Waals surface area contributed by atoms with Gasteiger partial charge in [0.1, 0.15) is 5.84 Å². The third-order valence-corrected chi connectivity index (χ3v) is 4.26. The predicted octanol–water partition coefficient (Wildman–Crippen LogP) is 4.76. The van der Waals surface area contributed by atoms with Crippen LogP contribution >= 0.6 is 11.6 Å². The predicted molar refractivity (Wildman–Crippen MR) is 79.2 cm³/mol. The molecule has 0 saturated heterocycles. The second kappa shape index (κ2) is 7.15. The number of nitrogens with one attached hydrogen (secondary N) is 2. The molecular weight excluding hydrogens is 490 g/mol. The molecule has 0 spiro atoms. The minimum Gasteiger partial charge on any atom is -0.308 e. The number of carbonyl (C=O) groups is 1. The molecule has 2 rings (SSSR count). The number of benzene rings is 1. The lowest BCUT2D eigenvalue weighted by Gasteiger charge is -2.39. The summed E-state index contributed by atoms with van der Waals surface area (Å²) in [6.07, 6.45) is -27.3. The topological polar surface area (TPSA) is 53.5 Å². The Labute approximate surface area is 168 Å². The minimum atomic E-state index is -6.85. The summed E-state index contributed by atoms with van der Waals surface area (Å²) in [5.41, 5.74) is -12.8. The van der Waals surface area contributed by atoms with Crippen molar-refractivity contribution in [3.63, 3.8) is 0 Å². The van der Waals surface area contributed by atoms with Gasteiger partial charge in [0.25, 0.3) is 11.4 Å². The molecule has 1 aliphatic heterocycles. The molecule has 0 saturated carbocycles. The van der Waals surface area contributed by atoms with E-state index < -0.39 is 58.5 Å². The summed E-state index contributed by atoms with van der Waals surface area (Å²) in [6, 6.07) is 3.35. The third-order valence-electron chi connectivity index (χ3n) is 4.01. The number of nitrogens with zero attached hydrogens (tertiary/aromatic N) is 1. The largest absolute Gasteiger partial charge is 0.436 e. The molecule has 4 nitrogen and oxygen atoms in total. The van der Waals surface area contributed by atoms with Crippen LogP contribution in [-0.4, -0.2) is 47.6 Å². The Kier molecular flexibility index (Phi) is 5.77. The third kappa shape index (κ3) is 3.90. The fourth-order valence-electron chi connectivity index (χ4n) is 2.51. The van der Waals surface area contributed by atoms with E-state index in [0.29, 0.717) is 0 Å². The molecule has 0 atom stereocenters. The number of hydrogen-bond donors (Lipinski definition) is 2. The molecule has 0 radical (unpaired) electrons. The molecule has 0 bridgehead atoms. The monoisotopic (exact) mass is 495 g/mol. The van der Waals surface area contributed by atoms with Gasteiger partial charge < -0.3 is 5.32 Å². The standard InChI is InChI=1S/C14H6ClF12N3O/c15-6-3-1-5(2-4-6)7(31)28-8-9(11(16,17)18,12(19,20)21)30-10(29-8,13(22,23)24)14(25,26)27/h1-4,30H,(H,28,29,31). The van der Waals surface area contributed by atoms with Crippen LogP contribution in [0.15, 0.2) is 29.3 Å². The van der Waals surface area contributed by atoms with Crippen LogP contribution in [-0.2, 0) is 0 Å². The second-order valence-corrected chi connectivity index (χ2v) is 6.43. The summed E-state index contributed by atoms with van der Waals surface area (Å²) in [4.78, 5) is 13.7. The maximum Gasteiger partial charge on any atom is 0.436 e. The Hall–Kier alpha value is -2.23. The fraction of sp³-hybridized carbons (Fsp3) is 0.429. The maximum absolute atomic E-state index is 13.4. The number of halogens is 13. The molecule has 31 heavy (non-hydrogen) atoms. The number of aliphatic imine (C=N–C) groups is 1. The van der Waals surface area contributed by atoms with Gasteiger partial charge in [-0.1, -0.05) is 11.6 Å². The molecule has 2 N–H and O–H groups in total. The van der Waals surface area contributed by atoms with Gasteiger partial charge in [-0.2, -0.15) is 52.7 Å². The molecule has 1 heterocycles. The minimum absolute atomic E-state index is 0.0514. The van der Waals surface area contributed by atoms with Gasteiger partial charge in [0.2, 0.25) is 0 Å². The zero-order chi connectivity index (χ0) is 24.3. The van der Waals surface area contributed by atoms with Gasteiger partial charge in [-0.3, -0.25) is 4.79 Å². The number of carbonyl (C=O) groups excluding carboxylic acids is 1. The summed E-state index contributed by atoms with van der Waals surface area (Å²) in [5.74, 6) is -4.89. The van der Waals surface area contributed by atoms with Gasteiger partial charge in [-0.15, -0.1) is 0 Å². The number of hydrogen-bond acceptors (Lipinski definition) is 3. The Balaban J connectivity index is 2.77. The average Bonchev–Trinajstić information content (AvgIpc) is 2.92. The van der Waals surface area contributed by atoms with Crippen molar-refractivity contribution >= 4 is 23.3 Å². The molecule has 0 unspecified atom stereocenters. The highest BCUT2D eigenvalue weighted by atomic mass is 35.5. The van der Waals surface area contributed by atoms with Crippen LogP contribution in [0.4, 0.5) is 52.7 Å². The summed E-state index contributed by atoms with van der Waals surface area (Å²) >= 11 is 5.48. The highest BCUT2D eigenvalue weighted by Crippen LogP contribution is 2.55. The molecule has 0 aliphatic carbocycles. The van der Waals surface area contributed by atoms with Crippen LogP contribution in [0.2, 0.25) is 5.02 Å². The van der Waals surface area contributed by atoms with Crippen molar-refractivity contribution in [1.82, 2.24) is 10.6 Å². The summed E-state index contributed by atoms with van der Waals surface area (Å²) in [5, 5.41) is 0.286. The van der Waals surface area contributed by atoms with E-state index in [1.165, 1.54) is 0 Å². The number of alkyl halides is 12. The molecule has 0 aromatic heterocycles. The van der Waals surface area contributed by atoms with Crippen molar-refractivity contribution in [3.8, 4) is 0 Å². The lowest BCUT2D eigenvalue weighted by atomic mass is 9.95. The fourth-order valence-corrected chi connectivity index (χ4v) is 2.64. The molecule has 1 aromatic rings. The van der Waals surface area contributed by atoms with E-state index in [4.69, 9.17) is 11.6 Å². The number of amides is 1. The van der Waals surface area contributed by atoms with Crippen LogP contribution < -0.4 is 10.6 Å². The van der Waals surface area contributed by atoms with Gasteiger partial charge in [-0.05, 0) is 24.3 Å². The van der Waals surface area contributed by atoms with Gasteiger partial charge in [-0.25, -0.2) is 10.3 Å². The highest BCUT2D eigenvalue weighted by Gasteiger charge is 2.86. The Morgan fingerprint density at radius 2 is 1.23 bits per heavy atom. The highest BCUT2D eigenvalue weighted by molar-refractivity contribution is 6.30. The van der Waals surface area contributed by atoms with E-state index >= 15 is 0 Å². The number of amidine groups is 1. The molecule has 0 fully saturated rings. The van der Waals surface area contributed by atoms with Crippen LogP contribution in [0.25, 0.3) is 0 Å². The molecular formula is C14H6ClF12N3O. The van der Waals surface area contributed by atoms with E-state index in [1.807, 2.05) is 0 Å². The van der Waals surface area contributed by atoms with Gasteiger partial charge in [0.15, 0.2) is 0 Å². The lowest BCUT2D eigenvalue weighted by Crippen LogP contribution is -2.77. The van der Waals surface area contributed by atoms with Crippen molar-refractivity contribution < 1.29 is 57.5 Å². The second-order valence-electron chi connectivity index (χ2n) is 6.00. The molecule has 1 aliphatic rings. The van der Waals surface area contributed by atoms with Crippen LogP contribution in [0.3, 0.4) is 0 Å². The van der Waals surface area contributed by atoms with E-state index in [0.717, 1.165) is 29.6 Å². The number of rotatable bonds is 1. The maximum atomic E-state index is 13.4. The van der Waals surface area contributed by atoms with Crippen molar-refractivity contribution in [2.24, 2.45) is 4.99 Å². The quantitative estimate of drug-likeness (QED) is 0.552. The SMILES string of the molecule is O=C(NC1=NC(C(F)(F)F)(C(F)(F)F)NC1(C(F)(F)F)C(F)(F)F)c1ccc(Cl)cc1. The Bertz CT molecular complexity index is 854. The van der Waals surface area contributed by atoms with Crippen molar-refractivity contribution in [2.45, 2.75) is 35.9 Å².